The maximum Gasteiger partial charge on any atom is 0.118 e. The molecule has 0 radical (unpaired) electrons. The fourth-order valence-electron chi connectivity index (χ4n) is 1.22. The van der Waals surface area contributed by atoms with Gasteiger partial charge in [0.1, 0.15) is 5.75 Å². The molecule has 3 heteroatoms. The summed E-state index contributed by atoms with van der Waals surface area (Å²) in [6, 6.07) is 11.5. The average Bonchev–Trinajstić information content (AvgIpc) is 2.30. The number of benzene rings is 1. The van der Waals surface area contributed by atoms with Crippen molar-refractivity contribution in [3.8, 4) is 17.0 Å². The highest BCUT2D eigenvalue weighted by Gasteiger charge is 1.98. The Kier molecular flexibility index (Phi) is 2.40. The van der Waals surface area contributed by atoms with Gasteiger partial charge >= 0.3 is 0 Å². The molecule has 14 heavy (non-hydrogen) atoms. The van der Waals surface area contributed by atoms with Crippen molar-refractivity contribution in [2.75, 3.05) is 7.11 Å². The lowest BCUT2D eigenvalue weighted by atomic mass is 10.1. The summed E-state index contributed by atoms with van der Waals surface area (Å²) in [6.07, 6.45) is 1.66. The lowest BCUT2D eigenvalue weighted by Crippen LogP contribution is -1.86. The zero-order valence-electron chi connectivity index (χ0n) is 7.84. The van der Waals surface area contributed by atoms with Crippen molar-refractivity contribution in [1.82, 2.24) is 10.2 Å². The molecule has 0 amide bonds. The van der Waals surface area contributed by atoms with E-state index in [4.69, 9.17) is 4.74 Å². The second-order valence-corrected chi connectivity index (χ2v) is 2.84. The van der Waals surface area contributed by atoms with Crippen LogP contribution in [0.4, 0.5) is 0 Å². The van der Waals surface area contributed by atoms with E-state index in [2.05, 4.69) is 10.2 Å². The number of nitrogens with zero attached hydrogens (tertiary/aromatic N) is 2. The lowest BCUT2D eigenvalue weighted by Gasteiger charge is -2.01. The van der Waals surface area contributed by atoms with Crippen molar-refractivity contribution in [1.29, 1.82) is 0 Å². The van der Waals surface area contributed by atoms with E-state index in [1.54, 1.807) is 13.3 Å². The van der Waals surface area contributed by atoms with Gasteiger partial charge in [-0.05, 0) is 36.4 Å². The molecule has 0 aliphatic carbocycles. The smallest absolute Gasteiger partial charge is 0.118 e. The monoisotopic (exact) mass is 186 g/mol. The Morgan fingerprint density at radius 3 is 2.43 bits per heavy atom. The Bertz CT molecular complexity index is 397. The third-order valence-corrected chi connectivity index (χ3v) is 1.96. The molecule has 0 fully saturated rings. The number of methoxy groups -OCH3 is 1. The van der Waals surface area contributed by atoms with E-state index in [9.17, 15) is 0 Å². The highest BCUT2D eigenvalue weighted by molar-refractivity contribution is 5.59. The first kappa shape index (κ1) is 8.69. The average molecular weight is 186 g/mol. The third kappa shape index (κ3) is 1.71. The topological polar surface area (TPSA) is 35.0 Å². The molecule has 0 N–H and O–H groups in total. The number of rotatable bonds is 2. The largest absolute Gasteiger partial charge is 0.497 e. The van der Waals surface area contributed by atoms with E-state index in [1.165, 1.54) is 0 Å². The van der Waals surface area contributed by atoms with Gasteiger partial charge < -0.3 is 4.74 Å². The Hall–Kier alpha value is -1.90. The first-order valence-electron chi connectivity index (χ1n) is 4.32. The van der Waals surface area contributed by atoms with E-state index >= 15 is 0 Å². The minimum Gasteiger partial charge on any atom is -0.497 e. The molecule has 0 bridgehead atoms. The normalized spacial score (nSPS) is 9.79. The van der Waals surface area contributed by atoms with Gasteiger partial charge in [0.05, 0.1) is 12.8 Å². The zero-order valence-corrected chi connectivity index (χ0v) is 7.84. The van der Waals surface area contributed by atoms with Crippen LogP contribution in [0.15, 0.2) is 42.6 Å². The molecular formula is C11H10N2O. The molecule has 0 spiro atoms. The molecule has 0 atom stereocenters. The number of hydrogen-bond acceptors (Lipinski definition) is 3. The van der Waals surface area contributed by atoms with Crippen LogP contribution in [-0.2, 0) is 0 Å². The summed E-state index contributed by atoms with van der Waals surface area (Å²) in [5.41, 5.74) is 1.91. The van der Waals surface area contributed by atoms with Crippen LogP contribution in [0.2, 0.25) is 0 Å². The van der Waals surface area contributed by atoms with Crippen LogP contribution in [0.3, 0.4) is 0 Å². The number of aromatic nitrogens is 2. The zero-order chi connectivity index (χ0) is 9.80. The molecule has 70 valence electrons. The van der Waals surface area contributed by atoms with Gasteiger partial charge in [-0.3, -0.25) is 0 Å². The Morgan fingerprint density at radius 1 is 1.07 bits per heavy atom. The first-order chi connectivity index (χ1) is 6.90. The molecule has 3 nitrogen and oxygen atoms in total. The predicted octanol–water partition coefficient (Wildman–Crippen LogP) is 2.15. The van der Waals surface area contributed by atoms with Gasteiger partial charge in [-0.1, -0.05) is 0 Å². The van der Waals surface area contributed by atoms with Crippen LogP contribution >= 0.6 is 0 Å². The lowest BCUT2D eigenvalue weighted by molar-refractivity contribution is 0.415. The number of ether oxygens (including phenoxy) is 1. The molecule has 0 saturated heterocycles. The molecule has 0 aliphatic rings. The summed E-state index contributed by atoms with van der Waals surface area (Å²) in [5, 5.41) is 7.84. The molecule has 1 aromatic heterocycles. The first-order valence-corrected chi connectivity index (χ1v) is 4.32. The predicted molar refractivity (Wildman–Crippen MR) is 54.0 cm³/mol. The van der Waals surface area contributed by atoms with Gasteiger partial charge in [-0.15, -0.1) is 0 Å². The van der Waals surface area contributed by atoms with Gasteiger partial charge in [0.15, 0.2) is 0 Å². The summed E-state index contributed by atoms with van der Waals surface area (Å²) >= 11 is 0. The summed E-state index contributed by atoms with van der Waals surface area (Å²) in [5.74, 6) is 0.845. The molecule has 2 aromatic rings. The van der Waals surface area contributed by atoms with Crippen LogP contribution in [0.1, 0.15) is 0 Å². The quantitative estimate of drug-likeness (QED) is 0.720. The maximum atomic E-state index is 5.07. The van der Waals surface area contributed by atoms with Crippen LogP contribution < -0.4 is 4.74 Å². The van der Waals surface area contributed by atoms with Gasteiger partial charge in [0, 0.05) is 11.8 Å². The van der Waals surface area contributed by atoms with Crippen molar-refractivity contribution in [3.63, 3.8) is 0 Å². The molecule has 0 aliphatic heterocycles. The van der Waals surface area contributed by atoms with Crippen LogP contribution in [-0.4, -0.2) is 17.3 Å². The van der Waals surface area contributed by atoms with Crippen molar-refractivity contribution < 1.29 is 4.74 Å². The van der Waals surface area contributed by atoms with Crippen LogP contribution in [0.5, 0.6) is 5.75 Å². The Labute approximate surface area is 82.4 Å². The highest BCUT2D eigenvalue weighted by Crippen LogP contribution is 2.19. The number of hydrogen-bond donors (Lipinski definition) is 0. The van der Waals surface area contributed by atoms with Crippen LogP contribution in [0.25, 0.3) is 11.3 Å². The molecule has 1 aromatic carbocycles. The minimum atomic E-state index is 0.845. The third-order valence-electron chi connectivity index (χ3n) is 1.96. The molecule has 0 unspecified atom stereocenters. The second kappa shape index (κ2) is 3.87. The fraction of sp³-hybridized carbons (Fsp3) is 0.0909. The van der Waals surface area contributed by atoms with Crippen molar-refractivity contribution in [2.45, 2.75) is 0 Å². The SMILES string of the molecule is COc1ccc(-c2cccnn2)cc1. The Balaban J connectivity index is 2.34. The van der Waals surface area contributed by atoms with Gasteiger partial charge in [0.25, 0.3) is 0 Å². The van der Waals surface area contributed by atoms with Gasteiger partial charge in [-0.25, -0.2) is 0 Å². The van der Waals surface area contributed by atoms with E-state index < -0.39 is 0 Å². The fourth-order valence-corrected chi connectivity index (χ4v) is 1.22. The summed E-state index contributed by atoms with van der Waals surface area (Å²) in [6.45, 7) is 0. The van der Waals surface area contributed by atoms with E-state index in [0.29, 0.717) is 0 Å². The molecule has 2 rings (SSSR count). The van der Waals surface area contributed by atoms with E-state index in [-0.39, 0.29) is 0 Å². The highest BCUT2D eigenvalue weighted by atomic mass is 16.5. The molecular weight excluding hydrogens is 176 g/mol. The van der Waals surface area contributed by atoms with Crippen molar-refractivity contribution in [2.24, 2.45) is 0 Å². The summed E-state index contributed by atoms with van der Waals surface area (Å²) < 4.78 is 5.07. The molecule has 0 saturated carbocycles. The minimum absolute atomic E-state index is 0.845. The standard InChI is InChI=1S/C11H10N2O/c1-14-10-6-4-9(5-7-10)11-3-2-8-12-13-11/h2-8H,1H3. The summed E-state index contributed by atoms with van der Waals surface area (Å²) in [7, 11) is 1.65. The van der Waals surface area contributed by atoms with Crippen molar-refractivity contribution in [3.05, 3.63) is 42.6 Å². The van der Waals surface area contributed by atoms with Gasteiger partial charge in [0.2, 0.25) is 0 Å². The molecule has 1 heterocycles. The van der Waals surface area contributed by atoms with E-state index in [1.807, 2.05) is 36.4 Å². The van der Waals surface area contributed by atoms with Crippen molar-refractivity contribution >= 4 is 0 Å². The van der Waals surface area contributed by atoms with Crippen LogP contribution in [0, 0.1) is 0 Å². The maximum absolute atomic E-state index is 5.07. The van der Waals surface area contributed by atoms with E-state index in [0.717, 1.165) is 17.0 Å². The van der Waals surface area contributed by atoms with Gasteiger partial charge in [-0.2, -0.15) is 10.2 Å². The second-order valence-electron chi connectivity index (χ2n) is 2.84. The Morgan fingerprint density at radius 2 is 1.86 bits per heavy atom. The summed E-state index contributed by atoms with van der Waals surface area (Å²) in [4.78, 5) is 0.